The molecule has 1 saturated carbocycles. The highest BCUT2D eigenvalue weighted by Gasteiger charge is 2.33. The van der Waals surface area contributed by atoms with Crippen LogP contribution >= 0.6 is 0 Å². The van der Waals surface area contributed by atoms with Gasteiger partial charge in [0.25, 0.3) is 11.5 Å². The molecule has 184 valence electrons. The number of carbonyl (C=O) groups excluding carboxylic acids is 1. The maximum Gasteiger partial charge on any atom is 0.269 e. The molecule has 1 aliphatic heterocycles. The smallest absolute Gasteiger partial charge is 0.269 e. The molecule has 0 spiro atoms. The number of nitrogens with zero attached hydrogens (tertiary/aromatic N) is 3. The number of aromatic amines is 1. The SMILES string of the molecule is CCc1cc(C(=O)NC)ncc1N1CCN([C@H]2CC[C@@H](c3cc4cccc(F)c4c(=O)[nH]3)C2)CC1. The number of aromatic nitrogens is 2. The van der Waals surface area contributed by atoms with E-state index in [1.54, 1.807) is 13.1 Å². The van der Waals surface area contributed by atoms with E-state index in [4.69, 9.17) is 0 Å². The molecule has 1 saturated heterocycles. The van der Waals surface area contributed by atoms with Crippen molar-refractivity contribution in [3.63, 3.8) is 0 Å². The van der Waals surface area contributed by atoms with Crippen LogP contribution in [-0.2, 0) is 6.42 Å². The maximum atomic E-state index is 14.1. The molecule has 7 nitrogen and oxygen atoms in total. The minimum atomic E-state index is -0.470. The Morgan fingerprint density at radius 3 is 2.74 bits per heavy atom. The molecule has 1 aromatic carbocycles. The van der Waals surface area contributed by atoms with Crippen LogP contribution in [0.3, 0.4) is 0 Å². The lowest BCUT2D eigenvalue weighted by molar-refractivity contribution is 0.0958. The van der Waals surface area contributed by atoms with Gasteiger partial charge in [0.2, 0.25) is 0 Å². The summed E-state index contributed by atoms with van der Waals surface area (Å²) >= 11 is 0. The molecule has 3 heterocycles. The summed E-state index contributed by atoms with van der Waals surface area (Å²) in [7, 11) is 1.62. The van der Waals surface area contributed by atoms with Gasteiger partial charge in [-0.2, -0.15) is 0 Å². The minimum Gasteiger partial charge on any atom is -0.367 e. The molecule has 2 N–H and O–H groups in total. The molecule has 0 radical (unpaired) electrons. The predicted octanol–water partition coefficient (Wildman–Crippen LogP) is 3.44. The molecule has 2 fully saturated rings. The van der Waals surface area contributed by atoms with Crippen molar-refractivity contribution in [3.05, 3.63) is 69.7 Å². The first-order valence-electron chi connectivity index (χ1n) is 12.5. The van der Waals surface area contributed by atoms with Crippen LogP contribution in [0.15, 0.2) is 41.3 Å². The van der Waals surface area contributed by atoms with Crippen LogP contribution in [0.5, 0.6) is 0 Å². The zero-order valence-electron chi connectivity index (χ0n) is 20.3. The summed E-state index contributed by atoms with van der Waals surface area (Å²) in [6, 6.07) is 9.13. The molecular formula is C27H32FN5O2. The molecule has 0 bridgehead atoms. The number of H-pyrrole nitrogens is 1. The summed E-state index contributed by atoms with van der Waals surface area (Å²) in [6.07, 6.45) is 5.80. The first kappa shape index (κ1) is 23.5. The molecule has 1 amide bonds. The highest BCUT2D eigenvalue weighted by molar-refractivity contribution is 5.92. The number of piperazine rings is 1. The van der Waals surface area contributed by atoms with Gasteiger partial charge in [-0.15, -0.1) is 0 Å². The Morgan fingerprint density at radius 1 is 1.20 bits per heavy atom. The average Bonchev–Trinajstić information content (AvgIpc) is 3.38. The van der Waals surface area contributed by atoms with Crippen molar-refractivity contribution in [3.8, 4) is 0 Å². The summed E-state index contributed by atoms with van der Waals surface area (Å²) < 4.78 is 14.1. The number of fused-ring (bicyclic) bond motifs is 1. The number of hydrogen-bond donors (Lipinski definition) is 2. The second-order valence-corrected chi connectivity index (χ2v) is 9.58. The van der Waals surface area contributed by atoms with E-state index in [0.717, 1.165) is 68.8 Å². The number of anilines is 1. The third-order valence-electron chi connectivity index (χ3n) is 7.66. The van der Waals surface area contributed by atoms with E-state index >= 15 is 0 Å². The van der Waals surface area contributed by atoms with Gasteiger partial charge in [-0.3, -0.25) is 14.5 Å². The summed E-state index contributed by atoms with van der Waals surface area (Å²) in [6.45, 7) is 5.88. The zero-order valence-corrected chi connectivity index (χ0v) is 20.3. The summed E-state index contributed by atoms with van der Waals surface area (Å²) in [5.74, 6) is -0.349. The van der Waals surface area contributed by atoms with Gasteiger partial charge in [-0.05, 0) is 54.8 Å². The standard InChI is InChI=1S/C27H32FN5O2/c1-3-17-14-23(26(34)29-2)30-16-24(17)33-11-9-32(10-12-33)20-8-7-18(13-20)22-15-19-5-4-6-21(28)25(19)27(35)31-22/h4-6,14-16,18,20H,3,7-13H2,1-2H3,(H,29,34)(H,31,35)/t18-,20+/m1/s1. The van der Waals surface area contributed by atoms with Crippen molar-refractivity contribution in [2.45, 2.75) is 44.6 Å². The highest BCUT2D eigenvalue weighted by atomic mass is 19.1. The Labute approximate surface area is 204 Å². The van der Waals surface area contributed by atoms with Gasteiger partial charge in [-0.1, -0.05) is 19.1 Å². The fourth-order valence-corrected chi connectivity index (χ4v) is 5.73. The lowest BCUT2D eigenvalue weighted by atomic mass is 10.00. The topological polar surface area (TPSA) is 81.3 Å². The van der Waals surface area contributed by atoms with Crippen molar-refractivity contribution < 1.29 is 9.18 Å². The average molecular weight is 478 g/mol. The number of hydrogen-bond acceptors (Lipinski definition) is 5. The fourth-order valence-electron chi connectivity index (χ4n) is 5.73. The Kier molecular flexibility index (Phi) is 6.56. The van der Waals surface area contributed by atoms with Crippen molar-refractivity contribution in [1.82, 2.24) is 20.2 Å². The van der Waals surface area contributed by atoms with Gasteiger partial charge >= 0.3 is 0 Å². The molecule has 2 aromatic heterocycles. The second kappa shape index (κ2) is 9.77. The number of pyridine rings is 2. The van der Waals surface area contributed by atoms with Gasteiger partial charge in [0.15, 0.2) is 0 Å². The Balaban J connectivity index is 1.24. The van der Waals surface area contributed by atoms with Gasteiger partial charge < -0.3 is 15.2 Å². The summed E-state index contributed by atoms with van der Waals surface area (Å²) in [4.78, 5) is 36.8. The molecule has 2 atom stereocenters. The van der Waals surface area contributed by atoms with Crippen LogP contribution in [0.25, 0.3) is 10.8 Å². The van der Waals surface area contributed by atoms with Crippen molar-refractivity contribution in [2.75, 3.05) is 38.1 Å². The third kappa shape index (κ3) is 4.55. The Hall–Kier alpha value is -3.26. The largest absolute Gasteiger partial charge is 0.367 e. The quantitative estimate of drug-likeness (QED) is 0.588. The summed E-state index contributed by atoms with van der Waals surface area (Å²) in [5.41, 5.74) is 3.30. The Morgan fingerprint density at radius 2 is 2.00 bits per heavy atom. The zero-order chi connectivity index (χ0) is 24.5. The van der Waals surface area contributed by atoms with Crippen LogP contribution in [0.2, 0.25) is 0 Å². The van der Waals surface area contributed by atoms with Crippen LogP contribution < -0.4 is 15.8 Å². The van der Waals surface area contributed by atoms with Gasteiger partial charge in [0, 0.05) is 50.9 Å². The van der Waals surface area contributed by atoms with E-state index in [2.05, 4.69) is 32.0 Å². The first-order valence-corrected chi connectivity index (χ1v) is 12.5. The second-order valence-electron chi connectivity index (χ2n) is 9.58. The van der Waals surface area contributed by atoms with Crippen molar-refractivity contribution in [1.29, 1.82) is 0 Å². The number of aryl methyl sites for hydroxylation is 1. The maximum absolute atomic E-state index is 14.1. The minimum absolute atomic E-state index is 0.145. The van der Waals surface area contributed by atoms with E-state index in [1.807, 2.05) is 24.4 Å². The van der Waals surface area contributed by atoms with Crippen molar-refractivity contribution >= 4 is 22.4 Å². The van der Waals surface area contributed by atoms with Crippen LogP contribution in [0, 0.1) is 5.82 Å². The van der Waals surface area contributed by atoms with E-state index in [0.29, 0.717) is 17.1 Å². The third-order valence-corrected chi connectivity index (χ3v) is 7.66. The lowest BCUT2D eigenvalue weighted by Crippen LogP contribution is -2.50. The van der Waals surface area contributed by atoms with E-state index in [9.17, 15) is 14.0 Å². The molecule has 1 aliphatic carbocycles. The Bertz CT molecular complexity index is 1300. The number of carbonyl (C=O) groups is 1. The van der Waals surface area contributed by atoms with Gasteiger partial charge in [-0.25, -0.2) is 9.37 Å². The number of benzene rings is 1. The van der Waals surface area contributed by atoms with E-state index in [-0.39, 0.29) is 22.8 Å². The van der Waals surface area contributed by atoms with E-state index in [1.165, 1.54) is 6.07 Å². The fraction of sp³-hybridized carbons (Fsp3) is 0.444. The molecular weight excluding hydrogens is 445 g/mol. The predicted molar refractivity (Wildman–Crippen MR) is 136 cm³/mol. The molecule has 3 aromatic rings. The molecule has 0 unspecified atom stereocenters. The normalized spacial score (nSPS) is 20.9. The first-order chi connectivity index (χ1) is 17.0. The van der Waals surface area contributed by atoms with Crippen LogP contribution in [0.1, 0.15) is 53.8 Å². The lowest BCUT2D eigenvalue weighted by Gasteiger charge is -2.39. The molecule has 2 aliphatic rings. The van der Waals surface area contributed by atoms with Crippen LogP contribution in [-0.4, -0.2) is 60.0 Å². The number of rotatable bonds is 5. The van der Waals surface area contributed by atoms with E-state index < -0.39 is 5.82 Å². The number of halogens is 1. The molecule has 35 heavy (non-hydrogen) atoms. The van der Waals surface area contributed by atoms with Crippen LogP contribution in [0.4, 0.5) is 10.1 Å². The number of amides is 1. The monoisotopic (exact) mass is 477 g/mol. The number of nitrogens with one attached hydrogen (secondary N) is 2. The molecule has 8 heteroatoms. The highest BCUT2D eigenvalue weighted by Crippen LogP contribution is 2.37. The van der Waals surface area contributed by atoms with Gasteiger partial charge in [0.05, 0.1) is 17.3 Å². The summed E-state index contributed by atoms with van der Waals surface area (Å²) in [5, 5.41) is 3.45. The molecule has 5 rings (SSSR count). The van der Waals surface area contributed by atoms with Crippen molar-refractivity contribution in [2.24, 2.45) is 0 Å². The van der Waals surface area contributed by atoms with Gasteiger partial charge in [0.1, 0.15) is 11.5 Å².